The monoisotopic (exact) mass is 251 g/mol. The molecule has 1 aromatic rings. The van der Waals surface area contributed by atoms with E-state index < -0.39 is 24.6 Å². The summed E-state index contributed by atoms with van der Waals surface area (Å²) in [5.41, 5.74) is 0. The highest BCUT2D eigenvalue weighted by atomic mass is 19.4. The first-order valence-electron chi connectivity index (χ1n) is 5.06. The van der Waals surface area contributed by atoms with Crippen molar-refractivity contribution in [3.05, 3.63) is 30.1 Å². The second-order valence-electron chi connectivity index (χ2n) is 3.63. The fraction of sp³-hybridized carbons (Fsp3) is 0.455. The Morgan fingerprint density at radius 3 is 2.65 bits per heavy atom. The quantitative estimate of drug-likeness (QED) is 0.812. The van der Waals surface area contributed by atoms with Gasteiger partial charge in [0.15, 0.2) is 0 Å². The third-order valence-electron chi connectivity index (χ3n) is 1.89. The molecule has 6 heteroatoms. The maximum atomic E-state index is 12.8. The molecule has 0 aliphatic carbocycles. The average molecular weight is 251 g/mol. The molecule has 0 fully saturated rings. The van der Waals surface area contributed by atoms with E-state index in [1.54, 1.807) is 13.0 Å². The summed E-state index contributed by atoms with van der Waals surface area (Å²) in [6.45, 7) is 0.578. The van der Waals surface area contributed by atoms with Crippen molar-refractivity contribution in [3.8, 4) is 5.75 Å². The van der Waals surface area contributed by atoms with E-state index in [0.717, 1.165) is 0 Å². The molecule has 1 N–H and O–H groups in total. The Morgan fingerprint density at radius 2 is 2.06 bits per heavy atom. The van der Waals surface area contributed by atoms with Gasteiger partial charge in [-0.1, -0.05) is 6.07 Å². The van der Waals surface area contributed by atoms with Crippen molar-refractivity contribution < 1.29 is 22.3 Å². The molecule has 96 valence electrons. The third-order valence-corrected chi connectivity index (χ3v) is 1.89. The number of rotatable bonds is 5. The summed E-state index contributed by atoms with van der Waals surface area (Å²) in [6, 6.07) is 5.46. The number of halogens is 4. The Hall–Kier alpha value is -1.30. The number of nitrogens with one attached hydrogen (secondary N) is 1. The molecule has 1 rings (SSSR count). The Bertz CT molecular complexity index is 354. The van der Waals surface area contributed by atoms with Crippen LogP contribution in [0, 0.1) is 5.82 Å². The highest BCUT2D eigenvalue weighted by Crippen LogP contribution is 2.14. The highest BCUT2D eigenvalue weighted by Gasteiger charge is 2.26. The molecule has 0 heterocycles. The Kier molecular flexibility index (Phi) is 4.74. The van der Waals surface area contributed by atoms with Crippen LogP contribution in [0.2, 0.25) is 0 Å². The molecule has 1 unspecified atom stereocenters. The van der Waals surface area contributed by atoms with Crippen LogP contribution >= 0.6 is 0 Å². The van der Waals surface area contributed by atoms with Gasteiger partial charge in [-0.2, -0.15) is 13.2 Å². The van der Waals surface area contributed by atoms with Gasteiger partial charge in [-0.05, 0) is 19.1 Å². The summed E-state index contributed by atoms with van der Waals surface area (Å²) in [4.78, 5) is 0. The largest absolute Gasteiger partial charge is 0.489 e. The number of ether oxygens (including phenoxy) is 1. The van der Waals surface area contributed by atoms with Crippen LogP contribution in [0.5, 0.6) is 5.75 Å². The number of alkyl halides is 3. The number of benzene rings is 1. The minimum atomic E-state index is -4.24. The van der Waals surface area contributed by atoms with Crippen molar-refractivity contribution in [2.24, 2.45) is 0 Å². The van der Waals surface area contributed by atoms with Crippen LogP contribution < -0.4 is 10.1 Å². The van der Waals surface area contributed by atoms with E-state index in [-0.39, 0.29) is 6.54 Å². The Morgan fingerprint density at radius 1 is 1.35 bits per heavy atom. The lowest BCUT2D eigenvalue weighted by atomic mass is 10.3. The molecule has 0 aliphatic heterocycles. The van der Waals surface area contributed by atoms with Gasteiger partial charge in [0.05, 0.1) is 6.54 Å². The summed E-state index contributed by atoms with van der Waals surface area (Å²) in [6.07, 6.45) is -4.71. The fourth-order valence-corrected chi connectivity index (χ4v) is 1.23. The number of hydrogen-bond donors (Lipinski definition) is 1. The van der Waals surface area contributed by atoms with Crippen molar-refractivity contribution in [1.82, 2.24) is 5.32 Å². The second-order valence-corrected chi connectivity index (χ2v) is 3.63. The van der Waals surface area contributed by atoms with E-state index in [1.807, 2.05) is 0 Å². The topological polar surface area (TPSA) is 21.3 Å². The average Bonchev–Trinajstić information content (AvgIpc) is 2.15. The van der Waals surface area contributed by atoms with E-state index >= 15 is 0 Å². The van der Waals surface area contributed by atoms with Crippen LogP contribution in [0.15, 0.2) is 24.3 Å². The minimum Gasteiger partial charge on any atom is -0.489 e. The summed E-state index contributed by atoms with van der Waals surface area (Å²) < 4.78 is 53.5. The van der Waals surface area contributed by atoms with E-state index in [2.05, 4.69) is 5.32 Å². The molecule has 0 saturated heterocycles. The summed E-state index contributed by atoms with van der Waals surface area (Å²) in [5.74, 6) is -0.149. The lowest BCUT2D eigenvalue weighted by Gasteiger charge is -2.16. The fourth-order valence-electron chi connectivity index (χ4n) is 1.23. The molecule has 0 amide bonds. The van der Waals surface area contributed by atoms with Gasteiger partial charge >= 0.3 is 6.18 Å². The van der Waals surface area contributed by atoms with E-state index in [9.17, 15) is 17.6 Å². The molecule has 0 saturated carbocycles. The number of hydrogen-bond acceptors (Lipinski definition) is 2. The molecule has 0 spiro atoms. The van der Waals surface area contributed by atoms with Gasteiger partial charge in [0.1, 0.15) is 17.7 Å². The summed E-state index contributed by atoms with van der Waals surface area (Å²) >= 11 is 0. The van der Waals surface area contributed by atoms with Gasteiger partial charge in [0.25, 0.3) is 0 Å². The van der Waals surface area contributed by atoms with E-state index in [1.165, 1.54) is 18.2 Å². The minimum absolute atomic E-state index is 0.0377. The zero-order chi connectivity index (χ0) is 12.9. The molecule has 2 nitrogen and oxygen atoms in total. The molecule has 1 aromatic carbocycles. The Labute approximate surface area is 96.6 Å². The van der Waals surface area contributed by atoms with Crippen molar-refractivity contribution in [1.29, 1.82) is 0 Å². The van der Waals surface area contributed by atoms with Crippen LogP contribution in [-0.4, -0.2) is 25.4 Å². The molecular formula is C11H13F4NO. The smallest absolute Gasteiger partial charge is 0.401 e. The van der Waals surface area contributed by atoms with Gasteiger partial charge < -0.3 is 10.1 Å². The van der Waals surface area contributed by atoms with Crippen LogP contribution in [0.4, 0.5) is 17.6 Å². The van der Waals surface area contributed by atoms with Crippen LogP contribution in [-0.2, 0) is 0 Å². The summed E-state index contributed by atoms with van der Waals surface area (Å²) in [7, 11) is 0. The van der Waals surface area contributed by atoms with Crippen molar-refractivity contribution in [2.75, 3.05) is 13.1 Å². The van der Waals surface area contributed by atoms with Gasteiger partial charge in [0.2, 0.25) is 0 Å². The molecule has 0 radical (unpaired) electrons. The normalized spacial score (nSPS) is 13.5. The zero-order valence-corrected chi connectivity index (χ0v) is 9.22. The molecule has 0 aromatic heterocycles. The molecular weight excluding hydrogens is 238 g/mol. The molecule has 0 aliphatic rings. The zero-order valence-electron chi connectivity index (χ0n) is 9.22. The predicted molar refractivity (Wildman–Crippen MR) is 55.4 cm³/mol. The standard InChI is InChI=1S/C11H13F4NO/c1-8(6-16-7-11(13,14)15)17-10-4-2-3-9(12)5-10/h2-5,8,16H,6-7H2,1H3. The van der Waals surface area contributed by atoms with Crippen molar-refractivity contribution in [3.63, 3.8) is 0 Å². The first kappa shape index (κ1) is 13.8. The summed E-state index contributed by atoms with van der Waals surface area (Å²) in [5, 5.41) is 2.22. The van der Waals surface area contributed by atoms with Crippen LogP contribution in [0.3, 0.4) is 0 Å². The predicted octanol–water partition coefficient (Wildman–Crippen LogP) is 2.74. The second kappa shape index (κ2) is 5.86. The van der Waals surface area contributed by atoms with Gasteiger partial charge in [0, 0.05) is 12.6 Å². The lowest BCUT2D eigenvalue weighted by Crippen LogP contribution is -2.35. The maximum Gasteiger partial charge on any atom is 0.401 e. The van der Waals surface area contributed by atoms with E-state index in [0.29, 0.717) is 5.75 Å². The first-order valence-corrected chi connectivity index (χ1v) is 5.06. The molecule has 17 heavy (non-hydrogen) atoms. The van der Waals surface area contributed by atoms with Crippen LogP contribution in [0.25, 0.3) is 0 Å². The molecule has 0 bridgehead atoms. The highest BCUT2D eigenvalue weighted by molar-refractivity contribution is 5.22. The lowest BCUT2D eigenvalue weighted by molar-refractivity contribution is -0.125. The van der Waals surface area contributed by atoms with Crippen LogP contribution in [0.1, 0.15) is 6.92 Å². The third kappa shape index (κ3) is 6.11. The van der Waals surface area contributed by atoms with Crippen molar-refractivity contribution >= 4 is 0 Å². The molecule has 1 atom stereocenters. The Balaban J connectivity index is 2.32. The SMILES string of the molecule is CC(CNCC(F)(F)F)Oc1cccc(F)c1. The van der Waals surface area contributed by atoms with Crippen molar-refractivity contribution in [2.45, 2.75) is 19.2 Å². The van der Waals surface area contributed by atoms with Gasteiger partial charge in [-0.25, -0.2) is 4.39 Å². The van der Waals surface area contributed by atoms with Gasteiger partial charge in [-0.3, -0.25) is 0 Å². The maximum absolute atomic E-state index is 12.8. The van der Waals surface area contributed by atoms with E-state index in [4.69, 9.17) is 4.74 Å². The first-order chi connectivity index (χ1) is 7.87. The van der Waals surface area contributed by atoms with Gasteiger partial charge in [-0.15, -0.1) is 0 Å².